The number of nitrogens with one attached hydrogen (secondary N) is 1. The van der Waals surface area contributed by atoms with Crippen LogP contribution in [-0.4, -0.2) is 11.7 Å². The monoisotopic (exact) mass is 361 g/mol. The maximum absolute atomic E-state index is 13.0. The Hall–Kier alpha value is -1.30. The molecular weight excluding hydrogens is 351 g/mol. The fourth-order valence-corrected chi connectivity index (χ4v) is 3.25. The molecule has 0 heterocycles. The molecule has 2 aromatic carbocycles. The third-order valence-electron chi connectivity index (χ3n) is 2.74. The number of amides is 1. The van der Waals surface area contributed by atoms with Gasteiger partial charge in [0.1, 0.15) is 0 Å². The highest BCUT2D eigenvalue weighted by Gasteiger charge is 2.09. The van der Waals surface area contributed by atoms with E-state index in [4.69, 9.17) is 23.2 Å². The minimum Gasteiger partial charge on any atom is -0.325 e. The Balaban J connectivity index is 1.86. The standard InChI is InChI=1S/C15H11Cl2F2NOS/c16-11-2-1-3-12(17)10(11)7-22-8-15(21)20-9-4-5-13(18)14(19)6-9/h1-6H,7-8H2,(H,20,21). The summed E-state index contributed by atoms with van der Waals surface area (Å²) in [6.07, 6.45) is 0. The van der Waals surface area contributed by atoms with E-state index < -0.39 is 11.6 Å². The average molecular weight is 362 g/mol. The van der Waals surface area contributed by atoms with Gasteiger partial charge in [-0.3, -0.25) is 4.79 Å². The SMILES string of the molecule is O=C(CSCc1c(Cl)cccc1Cl)Nc1ccc(F)c(F)c1. The predicted molar refractivity (Wildman–Crippen MR) is 87.6 cm³/mol. The lowest BCUT2D eigenvalue weighted by Gasteiger charge is -2.08. The van der Waals surface area contributed by atoms with Crippen LogP contribution in [0.2, 0.25) is 10.0 Å². The van der Waals surface area contributed by atoms with Crippen molar-refractivity contribution in [2.75, 3.05) is 11.1 Å². The molecule has 1 N–H and O–H groups in total. The van der Waals surface area contributed by atoms with Gasteiger partial charge in [0, 0.05) is 27.6 Å². The van der Waals surface area contributed by atoms with Crippen LogP contribution in [0.4, 0.5) is 14.5 Å². The number of benzene rings is 2. The van der Waals surface area contributed by atoms with Crippen LogP contribution in [0.1, 0.15) is 5.56 Å². The number of carbonyl (C=O) groups excluding carboxylic acids is 1. The van der Waals surface area contributed by atoms with Gasteiger partial charge in [-0.05, 0) is 29.8 Å². The van der Waals surface area contributed by atoms with Gasteiger partial charge in [-0.15, -0.1) is 11.8 Å². The van der Waals surface area contributed by atoms with Crippen molar-refractivity contribution in [3.8, 4) is 0 Å². The number of hydrogen-bond donors (Lipinski definition) is 1. The van der Waals surface area contributed by atoms with Crippen molar-refractivity contribution in [2.45, 2.75) is 5.75 Å². The maximum Gasteiger partial charge on any atom is 0.234 e. The first kappa shape index (κ1) is 17.1. The molecule has 0 unspecified atom stereocenters. The number of rotatable bonds is 5. The summed E-state index contributed by atoms with van der Waals surface area (Å²) in [6.45, 7) is 0. The Kier molecular flexibility index (Phi) is 6.06. The summed E-state index contributed by atoms with van der Waals surface area (Å²) < 4.78 is 25.8. The summed E-state index contributed by atoms with van der Waals surface area (Å²) >= 11 is 13.4. The summed E-state index contributed by atoms with van der Waals surface area (Å²) in [4.78, 5) is 11.8. The molecule has 116 valence electrons. The van der Waals surface area contributed by atoms with E-state index in [0.717, 1.165) is 17.7 Å². The van der Waals surface area contributed by atoms with Gasteiger partial charge in [0.15, 0.2) is 11.6 Å². The molecule has 2 rings (SSSR count). The van der Waals surface area contributed by atoms with E-state index in [9.17, 15) is 13.6 Å². The second-order valence-corrected chi connectivity index (χ2v) is 6.17. The van der Waals surface area contributed by atoms with Gasteiger partial charge in [0.2, 0.25) is 5.91 Å². The van der Waals surface area contributed by atoms with Gasteiger partial charge in [0.05, 0.1) is 5.75 Å². The van der Waals surface area contributed by atoms with Crippen LogP contribution in [0.5, 0.6) is 0 Å². The molecule has 2 nitrogen and oxygen atoms in total. The van der Waals surface area contributed by atoms with Crippen LogP contribution >= 0.6 is 35.0 Å². The molecule has 0 aromatic heterocycles. The van der Waals surface area contributed by atoms with Gasteiger partial charge in [-0.1, -0.05) is 29.3 Å². The molecule has 0 fully saturated rings. The molecule has 1 amide bonds. The third kappa shape index (κ3) is 4.60. The van der Waals surface area contributed by atoms with Crippen LogP contribution in [0.15, 0.2) is 36.4 Å². The molecule has 0 bridgehead atoms. The van der Waals surface area contributed by atoms with E-state index in [1.165, 1.54) is 17.8 Å². The lowest BCUT2D eigenvalue weighted by Crippen LogP contribution is -2.14. The first-order valence-electron chi connectivity index (χ1n) is 6.23. The van der Waals surface area contributed by atoms with E-state index in [0.29, 0.717) is 15.8 Å². The van der Waals surface area contributed by atoms with Crippen molar-refractivity contribution in [3.63, 3.8) is 0 Å². The highest BCUT2D eigenvalue weighted by atomic mass is 35.5. The van der Waals surface area contributed by atoms with Crippen LogP contribution in [0, 0.1) is 11.6 Å². The number of carbonyl (C=O) groups is 1. The van der Waals surface area contributed by atoms with Crippen molar-refractivity contribution < 1.29 is 13.6 Å². The third-order valence-corrected chi connectivity index (χ3v) is 4.41. The fourth-order valence-electron chi connectivity index (χ4n) is 1.69. The highest BCUT2D eigenvalue weighted by molar-refractivity contribution is 7.99. The molecule has 0 aliphatic heterocycles. The number of halogens is 4. The van der Waals surface area contributed by atoms with Crippen LogP contribution in [0.25, 0.3) is 0 Å². The van der Waals surface area contributed by atoms with E-state index in [-0.39, 0.29) is 17.3 Å². The molecule has 0 saturated heterocycles. The normalized spacial score (nSPS) is 10.5. The van der Waals surface area contributed by atoms with Crippen LogP contribution < -0.4 is 5.32 Å². The zero-order valence-corrected chi connectivity index (χ0v) is 13.5. The lowest BCUT2D eigenvalue weighted by molar-refractivity contribution is -0.113. The molecular formula is C15H11Cl2F2NOS. The molecule has 0 atom stereocenters. The van der Waals surface area contributed by atoms with Gasteiger partial charge >= 0.3 is 0 Å². The number of thioether (sulfide) groups is 1. The molecule has 2 aromatic rings. The summed E-state index contributed by atoms with van der Waals surface area (Å²) in [5, 5.41) is 3.58. The lowest BCUT2D eigenvalue weighted by atomic mass is 10.2. The molecule has 0 aliphatic rings. The minimum atomic E-state index is -1.01. The van der Waals surface area contributed by atoms with Crippen molar-refractivity contribution in [2.24, 2.45) is 0 Å². The summed E-state index contributed by atoms with van der Waals surface area (Å²) in [5.41, 5.74) is 0.969. The van der Waals surface area contributed by atoms with E-state index in [2.05, 4.69) is 5.32 Å². The second-order valence-electron chi connectivity index (χ2n) is 4.37. The van der Waals surface area contributed by atoms with Crippen molar-refractivity contribution in [3.05, 3.63) is 63.6 Å². The van der Waals surface area contributed by atoms with E-state index in [1.807, 2.05) is 0 Å². The van der Waals surface area contributed by atoms with Gasteiger partial charge in [-0.2, -0.15) is 0 Å². The zero-order chi connectivity index (χ0) is 16.1. The summed E-state index contributed by atoms with van der Waals surface area (Å²) in [7, 11) is 0. The molecule has 0 aliphatic carbocycles. The van der Waals surface area contributed by atoms with E-state index >= 15 is 0 Å². The van der Waals surface area contributed by atoms with E-state index in [1.54, 1.807) is 18.2 Å². The van der Waals surface area contributed by atoms with Crippen molar-refractivity contribution in [1.29, 1.82) is 0 Å². The molecule has 0 saturated carbocycles. The Morgan fingerprint density at radius 1 is 1.09 bits per heavy atom. The summed E-state index contributed by atoms with van der Waals surface area (Å²) in [6, 6.07) is 8.39. The Bertz CT molecular complexity index is 677. The summed E-state index contributed by atoms with van der Waals surface area (Å²) in [5.74, 6) is -1.67. The first-order chi connectivity index (χ1) is 10.5. The second kappa shape index (κ2) is 7.81. The average Bonchev–Trinajstić information content (AvgIpc) is 2.46. The van der Waals surface area contributed by atoms with Gasteiger partial charge in [-0.25, -0.2) is 8.78 Å². The number of hydrogen-bond acceptors (Lipinski definition) is 2. The number of anilines is 1. The van der Waals surface area contributed by atoms with Gasteiger partial charge < -0.3 is 5.32 Å². The Morgan fingerprint density at radius 3 is 2.41 bits per heavy atom. The highest BCUT2D eigenvalue weighted by Crippen LogP contribution is 2.28. The first-order valence-corrected chi connectivity index (χ1v) is 8.14. The predicted octanol–water partition coefficient (Wildman–Crippen LogP) is 5.14. The quantitative estimate of drug-likeness (QED) is 0.798. The smallest absolute Gasteiger partial charge is 0.234 e. The van der Waals surface area contributed by atoms with Crippen molar-refractivity contribution >= 4 is 46.6 Å². The van der Waals surface area contributed by atoms with Gasteiger partial charge in [0.25, 0.3) is 0 Å². The van der Waals surface area contributed by atoms with Crippen LogP contribution in [0.3, 0.4) is 0 Å². The zero-order valence-electron chi connectivity index (χ0n) is 11.2. The van der Waals surface area contributed by atoms with Crippen LogP contribution in [-0.2, 0) is 10.5 Å². The fraction of sp³-hybridized carbons (Fsp3) is 0.133. The van der Waals surface area contributed by atoms with Crippen molar-refractivity contribution in [1.82, 2.24) is 0 Å². The molecule has 0 radical (unpaired) electrons. The largest absolute Gasteiger partial charge is 0.325 e. The Labute approximate surface area is 140 Å². The topological polar surface area (TPSA) is 29.1 Å². The maximum atomic E-state index is 13.0. The molecule has 22 heavy (non-hydrogen) atoms. The molecule has 7 heteroatoms. The Morgan fingerprint density at radius 2 is 1.77 bits per heavy atom. The minimum absolute atomic E-state index is 0.139. The molecule has 0 spiro atoms.